The molecule has 0 amide bonds. The van der Waals surface area contributed by atoms with Gasteiger partial charge in [0.1, 0.15) is 0 Å². The van der Waals surface area contributed by atoms with Crippen LogP contribution >= 0.6 is 0 Å². The van der Waals surface area contributed by atoms with Gasteiger partial charge in [0.2, 0.25) is 0 Å². The molecule has 0 spiro atoms. The van der Waals surface area contributed by atoms with Crippen LogP contribution < -0.4 is 4.90 Å². The van der Waals surface area contributed by atoms with E-state index in [0.29, 0.717) is 5.92 Å². The molecule has 116 valence electrons. The number of hydrogen-bond acceptors (Lipinski definition) is 2. The molecule has 2 heteroatoms. The van der Waals surface area contributed by atoms with Gasteiger partial charge in [0.05, 0.1) is 0 Å². The summed E-state index contributed by atoms with van der Waals surface area (Å²) in [6, 6.07) is 27.4. The second kappa shape index (κ2) is 7.59. The van der Waals surface area contributed by atoms with Crippen LogP contribution in [-0.4, -0.2) is 18.6 Å². The van der Waals surface area contributed by atoms with Gasteiger partial charge in [0, 0.05) is 37.1 Å². The maximum absolute atomic E-state index is 4.51. The van der Waals surface area contributed by atoms with Crippen molar-refractivity contribution in [1.82, 2.24) is 4.98 Å². The third-order valence-electron chi connectivity index (χ3n) is 4.14. The molecule has 1 atom stereocenters. The van der Waals surface area contributed by atoms with Crippen LogP contribution in [0.15, 0.2) is 85.1 Å². The molecule has 0 saturated carbocycles. The van der Waals surface area contributed by atoms with Crippen molar-refractivity contribution in [1.29, 1.82) is 0 Å². The van der Waals surface area contributed by atoms with Gasteiger partial charge in [0.25, 0.3) is 0 Å². The summed E-state index contributed by atoms with van der Waals surface area (Å²) in [4.78, 5) is 6.83. The molecule has 1 aromatic heterocycles. The zero-order valence-corrected chi connectivity index (χ0v) is 13.5. The summed E-state index contributed by atoms with van der Waals surface area (Å²) in [5.74, 6) is 0.413. The van der Waals surface area contributed by atoms with Gasteiger partial charge in [-0.05, 0) is 36.2 Å². The van der Waals surface area contributed by atoms with E-state index in [2.05, 4.69) is 89.7 Å². The van der Waals surface area contributed by atoms with Gasteiger partial charge in [-0.15, -0.1) is 0 Å². The highest BCUT2D eigenvalue weighted by Gasteiger charge is 2.15. The molecule has 0 fully saturated rings. The molecule has 0 bridgehead atoms. The van der Waals surface area contributed by atoms with Crippen molar-refractivity contribution in [3.8, 4) is 0 Å². The smallest absolute Gasteiger partial charge is 0.0410 e. The number of rotatable bonds is 6. The lowest BCUT2D eigenvalue weighted by molar-refractivity contribution is 0.658. The van der Waals surface area contributed by atoms with Crippen LogP contribution in [0.4, 0.5) is 5.69 Å². The summed E-state index contributed by atoms with van der Waals surface area (Å²) in [6.07, 6.45) is 2.82. The van der Waals surface area contributed by atoms with Gasteiger partial charge < -0.3 is 4.90 Å². The third-order valence-corrected chi connectivity index (χ3v) is 4.14. The van der Waals surface area contributed by atoms with Crippen molar-refractivity contribution in [2.24, 2.45) is 0 Å². The van der Waals surface area contributed by atoms with Gasteiger partial charge in [-0.3, -0.25) is 4.98 Å². The van der Waals surface area contributed by atoms with Crippen LogP contribution in [0, 0.1) is 0 Å². The van der Waals surface area contributed by atoms with Crippen LogP contribution in [0.2, 0.25) is 0 Å². The normalized spacial score (nSPS) is 11.9. The summed E-state index contributed by atoms with van der Waals surface area (Å²) in [6.45, 7) is 0.963. The van der Waals surface area contributed by atoms with Gasteiger partial charge in [-0.2, -0.15) is 0 Å². The Morgan fingerprint density at radius 2 is 1.48 bits per heavy atom. The number of benzene rings is 2. The molecule has 2 aromatic carbocycles. The van der Waals surface area contributed by atoms with E-state index in [1.165, 1.54) is 11.3 Å². The average molecular weight is 302 g/mol. The number of anilines is 1. The number of pyridine rings is 1. The highest BCUT2D eigenvalue weighted by molar-refractivity contribution is 5.45. The van der Waals surface area contributed by atoms with Crippen LogP contribution in [0.3, 0.4) is 0 Å². The summed E-state index contributed by atoms with van der Waals surface area (Å²) in [7, 11) is 2.16. The van der Waals surface area contributed by atoms with Crippen molar-refractivity contribution in [2.75, 3.05) is 18.5 Å². The quantitative estimate of drug-likeness (QED) is 0.664. The summed E-state index contributed by atoms with van der Waals surface area (Å²) in [5.41, 5.74) is 3.75. The molecule has 0 aliphatic heterocycles. The van der Waals surface area contributed by atoms with Crippen LogP contribution in [0.1, 0.15) is 17.2 Å². The largest absolute Gasteiger partial charge is 0.374 e. The molecule has 0 saturated heterocycles. The lowest BCUT2D eigenvalue weighted by atomic mass is 9.93. The van der Waals surface area contributed by atoms with E-state index in [1.807, 2.05) is 12.3 Å². The first kappa shape index (κ1) is 15.3. The molecule has 2 nitrogen and oxygen atoms in total. The zero-order chi connectivity index (χ0) is 15.9. The number of aromatic nitrogens is 1. The molecule has 3 aromatic rings. The van der Waals surface area contributed by atoms with E-state index in [-0.39, 0.29) is 0 Å². The fraction of sp³-hybridized carbons (Fsp3) is 0.190. The number of likely N-dealkylation sites (N-methyl/N-ethyl adjacent to an activating group) is 1. The molecule has 0 aliphatic rings. The van der Waals surface area contributed by atoms with E-state index in [0.717, 1.165) is 18.7 Å². The van der Waals surface area contributed by atoms with Crippen molar-refractivity contribution in [3.63, 3.8) is 0 Å². The monoisotopic (exact) mass is 302 g/mol. The maximum atomic E-state index is 4.51. The second-order valence-electron chi connectivity index (χ2n) is 5.85. The first-order valence-electron chi connectivity index (χ1n) is 8.04. The molecule has 0 aliphatic carbocycles. The topological polar surface area (TPSA) is 16.1 Å². The molecule has 1 unspecified atom stereocenters. The molecule has 23 heavy (non-hydrogen) atoms. The van der Waals surface area contributed by atoms with E-state index >= 15 is 0 Å². The lowest BCUT2D eigenvalue weighted by Crippen LogP contribution is -2.25. The van der Waals surface area contributed by atoms with Gasteiger partial charge >= 0.3 is 0 Å². The SMILES string of the molecule is CN(CC(Cc1ccccn1)c1ccccc1)c1ccccc1. The summed E-state index contributed by atoms with van der Waals surface area (Å²) in [5, 5.41) is 0. The fourth-order valence-electron chi connectivity index (χ4n) is 2.90. The number of para-hydroxylation sites is 1. The summed E-state index contributed by atoms with van der Waals surface area (Å²) < 4.78 is 0. The van der Waals surface area contributed by atoms with Crippen molar-refractivity contribution >= 4 is 5.69 Å². The Morgan fingerprint density at radius 1 is 0.826 bits per heavy atom. The first-order valence-corrected chi connectivity index (χ1v) is 8.04. The Hall–Kier alpha value is -2.61. The average Bonchev–Trinajstić information content (AvgIpc) is 2.63. The standard InChI is InChI=1S/C21H22N2/c1-23(21-13-6-3-7-14-21)17-19(18-10-4-2-5-11-18)16-20-12-8-9-15-22-20/h2-15,19H,16-17H2,1H3. The Kier molecular flexibility index (Phi) is 5.05. The second-order valence-corrected chi connectivity index (χ2v) is 5.85. The molecule has 3 rings (SSSR count). The van der Waals surface area contributed by atoms with Gasteiger partial charge in [0.15, 0.2) is 0 Å². The van der Waals surface area contributed by atoms with E-state index in [4.69, 9.17) is 0 Å². The van der Waals surface area contributed by atoms with Crippen molar-refractivity contribution in [3.05, 3.63) is 96.3 Å². The van der Waals surface area contributed by atoms with E-state index in [9.17, 15) is 0 Å². The van der Waals surface area contributed by atoms with E-state index < -0.39 is 0 Å². The fourth-order valence-corrected chi connectivity index (χ4v) is 2.90. The van der Waals surface area contributed by atoms with E-state index in [1.54, 1.807) is 0 Å². The Bertz CT molecular complexity index is 696. The number of hydrogen-bond donors (Lipinski definition) is 0. The molecule has 0 N–H and O–H groups in total. The van der Waals surface area contributed by atoms with Gasteiger partial charge in [-0.25, -0.2) is 0 Å². The van der Waals surface area contributed by atoms with Crippen molar-refractivity contribution < 1.29 is 0 Å². The molecule has 0 radical (unpaired) electrons. The molecular weight excluding hydrogens is 280 g/mol. The third kappa shape index (κ3) is 4.19. The first-order chi connectivity index (χ1) is 11.3. The predicted molar refractivity (Wildman–Crippen MR) is 96.8 cm³/mol. The van der Waals surface area contributed by atoms with Crippen LogP contribution in [0.25, 0.3) is 0 Å². The molecular formula is C21H22N2. The number of nitrogens with zero attached hydrogens (tertiary/aromatic N) is 2. The maximum Gasteiger partial charge on any atom is 0.0410 e. The van der Waals surface area contributed by atoms with Gasteiger partial charge in [-0.1, -0.05) is 54.6 Å². The lowest BCUT2D eigenvalue weighted by Gasteiger charge is -2.26. The highest BCUT2D eigenvalue weighted by Crippen LogP contribution is 2.23. The Morgan fingerprint density at radius 3 is 2.13 bits per heavy atom. The minimum Gasteiger partial charge on any atom is -0.374 e. The van der Waals surface area contributed by atoms with Crippen LogP contribution in [-0.2, 0) is 6.42 Å². The van der Waals surface area contributed by atoms with Crippen molar-refractivity contribution in [2.45, 2.75) is 12.3 Å². The Balaban J connectivity index is 1.81. The molecule has 1 heterocycles. The highest BCUT2D eigenvalue weighted by atomic mass is 15.1. The zero-order valence-electron chi connectivity index (χ0n) is 13.5. The predicted octanol–water partition coefficient (Wildman–Crippen LogP) is 4.54. The van der Waals surface area contributed by atoms with Crippen LogP contribution in [0.5, 0.6) is 0 Å². The summed E-state index contributed by atoms with van der Waals surface area (Å²) >= 11 is 0. The minimum absolute atomic E-state index is 0.413. The Labute approximate surface area is 138 Å². The minimum atomic E-state index is 0.413.